The molecule has 2 aromatic carbocycles. The van der Waals surface area contributed by atoms with E-state index in [1.807, 2.05) is 38.1 Å². The molecule has 3 aromatic rings. The van der Waals surface area contributed by atoms with Crippen LogP contribution in [0.15, 0.2) is 42.5 Å². The molecule has 0 saturated carbocycles. The van der Waals surface area contributed by atoms with Crippen LogP contribution in [0.4, 0.5) is 8.78 Å². The maximum Gasteiger partial charge on any atom is 0.332 e. The SMILES string of the molecule is [2H]C([2H])(CCc1nc2ccccc2[nH]1)N(C)CC[C@@]1(OC(=O)COC)CC(F)(F)c2cc(C)ccc2[C@@H]1C(C)C. The second kappa shape index (κ2) is 11.5. The minimum Gasteiger partial charge on any atom is -0.456 e. The summed E-state index contributed by atoms with van der Waals surface area (Å²) in [5.41, 5.74) is 1.34. The fourth-order valence-corrected chi connectivity index (χ4v) is 5.78. The van der Waals surface area contributed by atoms with E-state index in [2.05, 4.69) is 9.97 Å². The first-order chi connectivity index (χ1) is 18.8. The Morgan fingerprint density at radius 3 is 2.76 bits per heavy atom. The number of carbonyl (C=O) groups excluding carboxylic acids is 1. The smallest absolute Gasteiger partial charge is 0.332 e. The van der Waals surface area contributed by atoms with Gasteiger partial charge in [0.05, 0.1) is 17.5 Å². The predicted molar refractivity (Wildman–Crippen MR) is 144 cm³/mol. The molecule has 0 bridgehead atoms. The van der Waals surface area contributed by atoms with Crippen molar-refractivity contribution in [2.45, 2.75) is 63.9 Å². The van der Waals surface area contributed by atoms with Gasteiger partial charge in [-0.05, 0) is 56.6 Å². The number of hydrogen-bond donors (Lipinski definition) is 1. The van der Waals surface area contributed by atoms with Crippen LogP contribution in [0.5, 0.6) is 0 Å². The fraction of sp³-hybridized carbons (Fsp3) is 0.533. The van der Waals surface area contributed by atoms with E-state index in [0.717, 1.165) is 16.6 Å². The summed E-state index contributed by atoms with van der Waals surface area (Å²) in [6.07, 6.45) is -0.121. The molecule has 1 N–H and O–H groups in total. The lowest BCUT2D eigenvalue weighted by Crippen LogP contribution is -2.52. The zero-order valence-electron chi connectivity index (χ0n) is 24.8. The van der Waals surface area contributed by atoms with Crippen molar-refractivity contribution in [2.75, 3.05) is 33.8 Å². The molecule has 1 aromatic heterocycles. The zero-order chi connectivity index (χ0) is 29.3. The molecule has 38 heavy (non-hydrogen) atoms. The molecule has 0 aliphatic heterocycles. The van der Waals surface area contributed by atoms with Gasteiger partial charge in [-0.2, -0.15) is 0 Å². The van der Waals surface area contributed by atoms with Gasteiger partial charge in [0.25, 0.3) is 5.92 Å². The van der Waals surface area contributed by atoms with Crippen molar-refractivity contribution in [1.82, 2.24) is 14.9 Å². The largest absolute Gasteiger partial charge is 0.456 e. The number of fused-ring (bicyclic) bond motifs is 2. The van der Waals surface area contributed by atoms with Gasteiger partial charge in [0.2, 0.25) is 0 Å². The number of benzene rings is 2. The molecular formula is C30H39F2N3O3. The van der Waals surface area contributed by atoms with Gasteiger partial charge < -0.3 is 19.4 Å². The Morgan fingerprint density at radius 1 is 1.29 bits per heavy atom. The van der Waals surface area contributed by atoms with Crippen LogP contribution in [0.1, 0.15) is 64.3 Å². The zero-order valence-corrected chi connectivity index (χ0v) is 22.8. The van der Waals surface area contributed by atoms with Crippen molar-refractivity contribution in [3.8, 4) is 0 Å². The molecule has 0 fully saturated rings. The summed E-state index contributed by atoms with van der Waals surface area (Å²) >= 11 is 0. The normalized spacial score (nSPS) is 21.9. The molecule has 206 valence electrons. The summed E-state index contributed by atoms with van der Waals surface area (Å²) in [7, 11) is 2.98. The number of rotatable bonds is 11. The fourth-order valence-electron chi connectivity index (χ4n) is 5.78. The minimum atomic E-state index is -3.22. The van der Waals surface area contributed by atoms with Crippen LogP contribution in [-0.4, -0.2) is 60.2 Å². The lowest BCUT2D eigenvalue weighted by molar-refractivity contribution is -0.188. The Bertz CT molecular complexity index is 1310. The van der Waals surface area contributed by atoms with Gasteiger partial charge in [-0.15, -0.1) is 0 Å². The number of carbonyl (C=O) groups is 1. The van der Waals surface area contributed by atoms with Crippen LogP contribution in [0.25, 0.3) is 11.0 Å². The van der Waals surface area contributed by atoms with E-state index in [1.165, 1.54) is 18.1 Å². The van der Waals surface area contributed by atoms with Crippen LogP contribution >= 0.6 is 0 Å². The molecule has 1 aliphatic rings. The Kier molecular flexibility index (Phi) is 7.70. The number of esters is 1. The quantitative estimate of drug-likeness (QED) is 0.309. The maximum absolute atomic E-state index is 15.8. The van der Waals surface area contributed by atoms with Gasteiger partial charge in [0, 0.05) is 40.7 Å². The number of nitrogens with zero attached hydrogens (tertiary/aromatic N) is 2. The molecular weight excluding hydrogens is 488 g/mol. The molecule has 6 nitrogen and oxygen atoms in total. The first-order valence-electron chi connectivity index (χ1n) is 14.1. The number of aryl methyl sites for hydroxylation is 2. The molecule has 0 amide bonds. The third-order valence-corrected chi connectivity index (χ3v) is 7.32. The topological polar surface area (TPSA) is 67.5 Å². The van der Waals surface area contributed by atoms with Crippen molar-refractivity contribution >= 4 is 17.0 Å². The van der Waals surface area contributed by atoms with Gasteiger partial charge in [0.15, 0.2) is 0 Å². The average molecular weight is 530 g/mol. The number of hydrogen-bond acceptors (Lipinski definition) is 5. The Morgan fingerprint density at radius 2 is 2.05 bits per heavy atom. The molecule has 1 aliphatic carbocycles. The highest BCUT2D eigenvalue weighted by Crippen LogP contribution is 2.55. The van der Waals surface area contributed by atoms with E-state index >= 15 is 8.78 Å². The van der Waals surface area contributed by atoms with Crippen LogP contribution in [-0.2, 0) is 26.6 Å². The number of aromatic amines is 1. The second-order valence-electron chi connectivity index (χ2n) is 10.7. The average Bonchev–Trinajstić information content (AvgIpc) is 3.29. The van der Waals surface area contributed by atoms with E-state index < -0.39 is 36.3 Å². The van der Waals surface area contributed by atoms with Crippen LogP contribution in [0, 0.1) is 12.8 Å². The maximum atomic E-state index is 15.8. The van der Waals surface area contributed by atoms with E-state index in [-0.39, 0.29) is 37.5 Å². The molecule has 0 spiro atoms. The number of halogens is 2. The molecule has 2 atom stereocenters. The minimum absolute atomic E-state index is 0.0286. The van der Waals surface area contributed by atoms with Crippen molar-refractivity contribution in [2.24, 2.45) is 5.92 Å². The van der Waals surface area contributed by atoms with Crippen LogP contribution in [0.3, 0.4) is 0 Å². The number of imidazole rings is 1. The molecule has 0 radical (unpaired) electrons. The number of methoxy groups -OCH3 is 1. The number of alkyl halides is 2. The number of para-hydroxylation sites is 2. The molecule has 8 heteroatoms. The summed E-state index contributed by atoms with van der Waals surface area (Å²) in [5.74, 6) is -3.88. The monoisotopic (exact) mass is 529 g/mol. The van der Waals surface area contributed by atoms with E-state index in [9.17, 15) is 4.79 Å². The highest BCUT2D eigenvalue weighted by molar-refractivity contribution is 5.74. The summed E-state index contributed by atoms with van der Waals surface area (Å²) in [6.45, 7) is 3.65. The van der Waals surface area contributed by atoms with Gasteiger partial charge >= 0.3 is 5.97 Å². The highest BCUT2D eigenvalue weighted by Gasteiger charge is 2.57. The van der Waals surface area contributed by atoms with Crippen molar-refractivity contribution < 1.29 is 25.8 Å². The number of H-pyrrole nitrogens is 1. The van der Waals surface area contributed by atoms with Crippen LogP contribution < -0.4 is 0 Å². The Hall–Kier alpha value is -2.84. The molecule has 0 saturated heterocycles. The van der Waals surface area contributed by atoms with Gasteiger partial charge in [0.1, 0.15) is 18.0 Å². The van der Waals surface area contributed by atoms with E-state index in [0.29, 0.717) is 17.8 Å². The second-order valence-corrected chi connectivity index (χ2v) is 10.7. The first kappa shape index (κ1) is 25.4. The van der Waals surface area contributed by atoms with E-state index in [4.69, 9.17) is 12.2 Å². The molecule has 0 unspecified atom stereocenters. The lowest BCUT2D eigenvalue weighted by Gasteiger charge is -2.49. The number of ether oxygens (including phenoxy) is 2. The number of nitrogens with one attached hydrogen (secondary N) is 1. The van der Waals surface area contributed by atoms with E-state index in [1.54, 1.807) is 26.1 Å². The van der Waals surface area contributed by atoms with Crippen molar-refractivity contribution in [1.29, 1.82) is 0 Å². The predicted octanol–water partition coefficient (Wildman–Crippen LogP) is 5.99. The summed E-state index contributed by atoms with van der Waals surface area (Å²) in [6, 6.07) is 12.7. The van der Waals surface area contributed by atoms with Crippen molar-refractivity contribution in [3.05, 3.63) is 65.0 Å². The Labute approximate surface area is 226 Å². The lowest BCUT2D eigenvalue weighted by atomic mass is 9.64. The Balaban J connectivity index is 1.59. The summed E-state index contributed by atoms with van der Waals surface area (Å²) in [5, 5.41) is 0. The van der Waals surface area contributed by atoms with Gasteiger partial charge in [-0.25, -0.2) is 18.6 Å². The first-order valence-corrected chi connectivity index (χ1v) is 13.1. The van der Waals surface area contributed by atoms with Gasteiger partial charge in [-0.3, -0.25) is 0 Å². The summed E-state index contributed by atoms with van der Waals surface area (Å²) in [4.78, 5) is 22.0. The van der Waals surface area contributed by atoms with Gasteiger partial charge in [-0.1, -0.05) is 43.7 Å². The molecule has 1 heterocycles. The third-order valence-electron chi connectivity index (χ3n) is 7.32. The molecule has 4 rings (SSSR count). The van der Waals surface area contributed by atoms with Crippen LogP contribution in [0.2, 0.25) is 0 Å². The van der Waals surface area contributed by atoms with Crippen molar-refractivity contribution in [3.63, 3.8) is 0 Å². The number of aromatic nitrogens is 2. The third kappa shape index (κ3) is 6.07. The summed E-state index contributed by atoms with van der Waals surface area (Å²) < 4.78 is 59.9. The standard InChI is InChI=1S/C30H39F2N3O3/c1-20(2)28-22-13-12-21(3)17-23(22)30(31,32)19-29(28,38-27(36)18-37-5)14-16-35(4)15-8-11-26-33-24-9-6-7-10-25(24)34-26/h6-7,9-10,12-13,17,20,28H,8,11,14-16,18-19H2,1-5H3,(H,33,34)/t28-,29+/m0/s1/i15D2. The highest BCUT2D eigenvalue weighted by atomic mass is 19.3.